The smallest absolute Gasteiger partial charge is 0.305 e. The molecule has 0 rings (SSSR count). The summed E-state index contributed by atoms with van der Waals surface area (Å²) in [6.45, 7) is 4.91. The molecule has 0 saturated carbocycles. The maximum Gasteiger partial charge on any atom is 0.305 e. The Labute approximate surface area is 399 Å². The number of nitrogens with one attached hydrogen (secondary N) is 1. The van der Waals surface area contributed by atoms with Crippen LogP contribution in [0.2, 0.25) is 0 Å². The van der Waals surface area contributed by atoms with Crippen molar-refractivity contribution in [1.82, 2.24) is 5.32 Å². The van der Waals surface area contributed by atoms with Crippen LogP contribution in [0.25, 0.3) is 0 Å². The third-order valence-electron chi connectivity index (χ3n) is 13.6. The fraction of sp³-hybridized carbons (Fsp3) is 0.931. The molecule has 1 amide bonds. The fourth-order valence-electron chi connectivity index (χ4n) is 9.11. The maximum absolute atomic E-state index is 12.5. The molecule has 0 radical (unpaired) electrons. The number of carbonyl (C=O) groups is 2. The van der Waals surface area contributed by atoms with E-state index in [1.54, 1.807) is 6.08 Å². The highest BCUT2D eigenvalue weighted by Gasteiger charge is 2.18. The predicted molar refractivity (Wildman–Crippen MR) is 278 cm³/mol. The van der Waals surface area contributed by atoms with Crippen LogP contribution >= 0.6 is 0 Å². The van der Waals surface area contributed by atoms with Gasteiger partial charge >= 0.3 is 5.97 Å². The molecule has 0 bridgehead atoms. The lowest BCUT2D eigenvalue weighted by molar-refractivity contribution is -0.143. The molecule has 0 fully saturated rings. The second-order valence-corrected chi connectivity index (χ2v) is 20.0. The summed E-state index contributed by atoms with van der Waals surface area (Å²) in [5.41, 5.74) is 0. The van der Waals surface area contributed by atoms with Gasteiger partial charge in [-0.15, -0.1) is 0 Å². The highest BCUT2D eigenvalue weighted by molar-refractivity contribution is 5.76. The summed E-state index contributed by atoms with van der Waals surface area (Å²) >= 11 is 0. The number of allylic oxidation sites excluding steroid dienone is 1. The number of amides is 1. The van der Waals surface area contributed by atoms with Crippen LogP contribution < -0.4 is 5.32 Å². The Morgan fingerprint density at radius 3 is 1.06 bits per heavy atom. The van der Waals surface area contributed by atoms with E-state index < -0.39 is 12.1 Å². The van der Waals surface area contributed by atoms with E-state index in [1.165, 1.54) is 250 Å². The molecule has 0 aliphatic rings. The zero-order valence-electron chi connectivity index (χ0n) is 43.3. The van der Waals surface area contributed by atoms with Gasteiger partial charge in [0.15, 0.2) is 0 Å². The van der Waals surface area contributed by atoms with Gasteiger partial charge in [-0.05, 0) is 32.1 Å². The first-order chi connectivity index (χ1) is 31.5. The van der Waals surface area contributed by atoms with Gasteiger partial charge in [-0.1, -0.05) is 289 Å². The number of unbranched alkanes of at least 4 members (excludes halogenated alkanes) is 43. The third-order valence-corrected chi connectivity index (χ3v) is 13.6. The summed E-state index contributed by atoms with van der Waals surface area (Å²) in [7, 11) is 0. The Hall–Kier alpha value is -1.40. The van der Waals surface area contributed by atoms with Crippen LogP contribution in [-0.4, -0.2) is 47.4 Å². The molecule has 2 unspecified atom stereocenters. The molecule has 0 aliphatic heterocycles. The zero-order chi connectivity index (χ0) is 46.5. The van der Waals surface area contributed by atoms with Crippen molar-refractivity contribution < 1.29 is 24.5 Å². The molecule has 6 heteroatoms. The van der Waals surface area contributed by atoms with E-state index in [0.717, 1.165) is 44.9 Å². The number of hydrogen-bond donors (Lipinski definition) is 3. The van der Waals surface area contributed by atoms with E-state index in [9.17, 15) is 19.8 Å². The quantitative estimate of drug-likeness (QED) is 0.0321. The highest BCUT2D eigenvalue weighted by Crippen LogP contribution is 2.17. The second kappa shape index (κ2) is 54.2. The van der Waals surface area contributed by atoms with Crippen LogP contribution in [0.15, 0.2) is 12.2 Å². The average molecular weight is 905 g/mol. The number of esters is 1. The van der Waals surface area contributed by atoms with Gasteiger partial charge in [0.05, 0.1) is 25.4 Å². The molecule has 2 atom stereocenters. The molecule has 0 saturated heterocycles. The summed E-state index contributed by atoms with van der Waals surface area (Å²) in [6, 6.07) is -0.634. The summed E-state index contributed by atoms with van der Waals surface area (Å²) in [6.07, 6.45) is 63.7. The predicted octanol–water partition coefficient (Wildman–Crippen LogP) is 17.7. The molecule has 3 N–H and O–H groups in total. The van der Waals surface area contributed by atoms with E-state index in [4.69, 9.17) is 4.74 Å². The van der Waals surface area contributed by atoms with E-state index >= 15 is 0 Å². The maximum atomic E-state index is 12.5. The monoisotopic (exact) mass is 904 g/mol. The number of aliphatic hydroxyl groups excluding tert-OH is 2. The van der Waals surface area contributed by atoms with Gasteiger partial charge in [0.25, 0.3) is 0 Å². The third kappa shape index (κ3) is 50.0. The molecule has 6 nitrogen and oxygen atoms in total. The Morgan fingerprint density at radius 1 is 0.422 bits per heavy atom. The molecular formula is C58H113NO5. The molecule has 380 valence electrons. The first-order valence-electron chi connectivity index (χ1n) is 29.0. The van der Waals surface area contributed by atoms with E-state index in [1.807, 2.05) is 6.08 Å². The normalized spacial score (nSPS) is 12.6. The molecule has 0 aliphatic carbocycles. The summed E-state index contributed by atoms with van der Waals surface area (Å²) in [4.78, 5) is 24.5. The lowest BCUT2D eigenvalue weighted by Gasteiger charge is -2.20. The van der Waals surface area contributed by atoms with Gasteiger partial charge in [-0.2, -0.15) is 0 Å². The fourth-order valence-corrected chi connectivity index (χ4v) is 9.11. The number of hydrogen-bond acceptors (Lipinski definition) is 5. The van der Waals surface area contributed by atoms with E-state index in [2.05, 4.69) is 19.2 Å². The minimum absolute atomic E-state index is 0.00174. The SMILES string of the molecule is CCCCCCCCCCCCCCCCCCC/C=C/C(O)C(CO)NC(=O)CCCCCCCCCCCCCCCCCOC(=O)CCCCCCCCCCCCCCC. The Bertz CT molecular complexity index is 955. The van der Waals surface area contributed by atoms with Crippen molar-refractivity contribution in [1.29, 1.82) is 0 Å². The van der Waals surface area contributed by atoms with Crippen LogP contribution in [0.1, 0.15) is 322 Å². The van der Waals surface area contributed by atoms with Crippen LogP contribution in [-0.2, 0) is 14.3 Å². The lowest BCUT2D eigenvalue weighted by Crippen LogP contribution is -2.45. The zero-order valence-corrected chi connectivity index (χ0v) is 43.3. The van der Waals surface area contributed by atoms with Crippen LogP contribution in [0.5, 0.6) is 0 Å². The first-order valence-corrected chi connectivity index (χ1v) is 29.0. The second-order valence-electron chi connectivity index (χ2n) is 20.0. The highest BCUT2D eigenvalue weighted by atomic mass is 16.5. The standard InChI is InChI=1S/C58H113NO5/c1-3-5-7-9-11-13-15-17-18-19-20-21-23-27-30-34-38-42-46-50-56(61)55(54-60)59-57(62)51-47-43-39-35-31-28-24-22-25-29-33-37-41-45-49-53-64-58(63)52-48-44-40-36-32-26-16-14-12-10-8-6-4-2/h46,50,55-56,60-61H,3-45,47-49,51-54H2,1-2H3,(H,59,62)/b50-46+. The molecule has 0 aromatic heterocycles. The van der Waals surface area contributed by atoms with Gasteiger partial charge in [-0.3, -0.25) is 9.59 Å². The van der Waals surface area contributed by atoms with E-state index in [0.29, 0.717) is 19.4 Å². The molecule has 64 heavy (non-hydrogen) atoms. The number of rotatable bonds is 54. The summed E-state index contributed by atoms with van der Waals surface area (Å²) < 4.78 is 5.47. The summed E-state index contributed by atoms with van der Waals surface area (Å²) in [5.74, 6) is -0.0716. The topological polar surface area (TPSA) is 95.9 Å². The lowest BCUT2D eigenvalue weighted by atomic mass is 10.0. The van der Waals surface area contributed by atoms with Crippen molar-refractivity contribution in [3.63, 3.8) is 0 Å². The minimum atomic E-state index is -0.850. The largest absolute Gasteiger partial charge is 0.466 e. The van der Waals surface area contributed by atoms with Crippen molar-refractivity contribution in [2.75, 3.05) is 13.2 Å². The molecule has 0 aromatic carbocycles. The first kappa shape index (κ1) is 62.6. The van der Waals surface area contributed by atoms with Crippen molar-refractivity contribution in [2.24, 2.45) is 0 Å². The van der Waals surface area contributed by atoms with Crippen molar-refractivity contribution >= 4 is 11.9 Å². The molecule has 0 heterocycles. The number of carbonyl (C=O) groups excluding carboxylic acids is 2. The van der Waals surface area contributed by atoms with Crippen molar-refractivity contribution in [3.8, 4) is 0 Å². The Morgan fingerprint density at radius 2 is 0.719 bits per heavy atom. The molecule has 0 aromatic rings. The summed E-state index contributed by atoms with van der Waals surface area (Å²) in [5, 5.41) is 23.2. The average Bonchev–Trinajstić information content (AvgIpc) is 3.29. The molecule has 0 spiro atoms. The Kier molecular flexibility index (Phi) is 53.0. The number of aliphatic hydroxyl groups is 2. The Balaban J connectivity index is 3.46. The van der Waals surface area contributed by atoms with Crippen LogP contribution in [0.3, 0.4) is 0 Å². The van der Waals surface area contributed by atoms with Gasteiger partial charge in [-0.25, -0.2) is 0 Å². The van der Waals surface area contributed by atoms with Crippen LogP contribution in [0.4, 0.5) is 0 Å². The van der Waals surface area contributed by atoms with Gasteiger partial charge in [0, 0.05) is 12.8 Å². The van der Waals surface area contributed by atoms with Gasteiger partial charge in [0.1, 0.15) is 0 Å². The van der Waals surface area contributed by atoms with Crippen LogP contribution in [0, 0.1) is 0 Å². The van der Waals surface area contributed by atoms with Gasteiger partial charge in [0.2, 0.25) is 5.91 Å². The van der Waals surface area contributed by atoms with Crippen molar-refractivity contribution in [3.05, 3.63) is 12.2 Å². The van der Waals surface area contributed by atoms with E-state index in [-0.39, 0.29) is 18.5 Å². The number of ether oxygens (including phenoxy) is 1. The van der Waals surface area contributed by atoms with Crippen molar-refractivity contribution in [2.45, 2.75) is 334 Å². The minimum Gasteiger partial charge on any atom is -0.466 e. The molecular weight excluding hydrogens is 791 g/mol. The van der Waals surface area contributed by atoms with Gasteiger partial charge < -0.3 is 20.3 Å².